The first kappa shape index (κ1) is 8.58. The average molecular weight is 205 g/mol. The van der Waals surface area contributed by atoms with Crippen molar-refractivity contribution in [3.05, 3.63) is 0 Å². The van der Waals surface area contributed by atoms with E-state index in [1.807, 2.05) is 0 Å². The predicted molar refractivity (Wildman–Crippen MR) is 49.5 cm³/mol. The normalized spacial score (nSPS) is 34.2. The van der Waals surface area contributed by atoms with Gasteiger partial charge in [0.1, 0.15) is 0 Å². The van der Waals surface area contributed by atoms with E-state index in [1.54, 1.807) is 0 Å². The van der Waals surface area contributed by atoms with Crippen molar-refractivity contribution >= 4 is 15.9 Å². The van der Waals surface area contributed by atoms with Crippen LogP contribution in [0.5, 0.6) is 0 Å². The fourth-order valence-corrected chi connectivity index (χ4v) is 2.62. The lowest BCUT2D eigenvalue weighted by Crippen LogP contribution is -2.13. The first-order valence-electron chi connectivity index (χ1n) is 4.39. The molecule has 0 aromatic heterocycles. The lowest BCUT2D eigenvalue weighted by Gasteiger charge is -2.25. The molecule has 0 saturated heterocycles. The van der Waals surface area contributed by atoms with Gasteiger partial charge in [0.2, 0.25) is 0 Å². The van der Waals surface area contributed by atoms with Gasteiger partial charge in [0.05, 0.1) is 0 Å². The van der Waals surface area contributed by atoms with Gasteiger partial charge >= 0.3 is 0 Å². The predicted octanol–water partition coefficient (Wildman–Crippen LogP) is 3.60. The van der Waals surface area contributed by atoms with Crippen molar-refractivity contribution in [1.29, 1.82) is 0 Å². The summed E-state index contributed by atoms with van der Waals surface area (Å²) in [4.78, 5) is 0. The second kappa shape index (κ2) is 4.38. The van der Waals surface area contributed by atoms with Crippen LogP contribution in [0.25, 0.3) is 0 Å². The molecule has 0 N–H and O–H groups in total. The molecule has 10 heavy (non-hydrogen) atoms. The molecule has 0 spiro atoms. The largest absolute Gasteiger partial charge is 0.0928 e. The Kier molecular flexibility index (Phi) is 3.75. The van der Waals surface area contributed by atoms with Crippen molar-refractivity contribution in [1.82, 2.24) is 0 Å². The fourth-order valence-electron chi connectivity index (χ4n) is 1.98. The maximum atomic E-state index is 3.50. The van der Waals surface area contributed by atoms with Crippen LogP contribution >= 0.6 is 15.9 Å². The highest BCUT2D eigenvalue weighted by molar-refractivity contribution is 9.09. The molecule has 0 amide bonds. The van der Waals surface area contributed by atoms with E-state index in [9.17, 15) is 0 Å². The summed E-state index contributed by atoms with van der Waals surface area (Å²) in [5.41, 5.74) is 0. The summed E-state index contributed by atoms with van der Waals surface area (Å²) < 4.78 is 0. The highest BCUT2D eigenvalue weighted by Crippen LogP contribution is 2.30. The Balaban J connectivity index is 2.18. The Morgan fingerprint density at radius 2 is 2.20 bits per heavy atom. The second-order valence-corrected chi connectivity index (χ2v) is 4.41. The number of hydrogen-bond donors (Lipinski definition) is 0. The summed E-state index contributed by atoms with van der Waals surface area (Å²) in [6.45, 7) is 2.39. The van der Waals surface area contributed by atoms with Gasteiger partial charge in [-0.3, -0.25) is 0 Å². The first-order valence-corrected chi connectivity index (χ1v) is 5.51. The Bertz CT molecular complexity index is 88.7. The lowest BCUT2D eigenvalue weighted by atomic mass is 9.81. The number of halogens is 1. The van der Waals surface area contributed by atoms with Crippen LogP contribution in [0, 0.1) is 11.8 Å². The number of hydrogen-bond acceptors (Lipinski definition) is 0. The van der Waals surface area contributed by atoms with E-state index < -0.39 is 0 Å². The van der Waals surface area contributed by atoms with Gasteiger partial charge in [0, 0.05) is 5.33 Å². The molecule has 1 aliphatic rings. The van der Waals surface area contributed by atoms with Gasteiger partial charge < -0.3 is 0 Å². The molecule has 0 heterocycles. The van der Waals surface area contributed by atoms with Gasteiger partial charge in [0.15, 0.2) is 0 Å². The molecule has 0 aromatic carbocycles. The van der Waals surface area contributed by atoms with Crippen molar-refractivity contribution < 1.29 is 0 Å². The van der Waals surface area contributed by atoms with E-state index in [0.717, 1.165) is 11.8 Å². The molecule has 0 nitrogen and oxygen atoms in total. The highest BCUT2D eigenvalue weighted by Gasteiger charge is 2.17. The fraction of sp³-hybridized carbons (Fsp3) is 1.00. The maximum absolute atomic E-state index is 3.50. The topological polar surface area (TPSA) is 0 Å². The maximum Gasteiger partial charge on any atom is 0.00339 e. The summed E-state index contributed by atoms with van der Waals surface area (Å²) in [5, 5.41) is 1.20. The van der Waals surface area contributed by atoms with Crippen LogP contribution in [-0.2, 0) is 0 Å². The van der Waals surface area contributed by atoms with Crippen molar-refractivity contribution in [2.24, 2.45) is 11.8 Å². The standard InChI is InChI=1S/C9H17Br/c1-8-3-2-4-9(7-8)5-6-10/h8-9H,2-7H2,1H3. The zero-order valence-electron chi connectivity index (χ0n) is 6.78. The summed E-state index contributed by atoms with van der Waals surface area (Å²) in [7, 11) is 0. The minimum Gasteiger partial charge on any atom is -0.0928 e. The van der Waals surface area contributed by atoms with Crippen molar-refractivity contribution in [2.45, 2.75) is 39.0 Å². The third-order valence-corrected chi connectivity index (χ3v) is 3.02. The summed E-state index contributed by atoms with van der Waals surface area (Å²) >= 11 is 3.50. The third kappa shape index (κ3) is 2.61. The van der Waals surface area contributed by atoms with E-state index in [-0.39, 0.29) is 0 Å². The molecule has 0 aromatic rings. The molecule has 0 bridgehead atoms. The average Bonchev–Trinajstić information content (AvgIpc) is 1.88. The van der Waals surface area contributed by atoms with Crippen molar-refractivity contribution in [2.75, 3.05) is 5.33 Å². The first-order chi connectivity index (χ1) is 4.83. The zero-order chi connectivity index (χ0) is 7.40. The van der Waals surface area contributed by atoms with Crippen LogP contribution in [0.3, 0.4) is 0 Å². The second-order valence-electron chi connectivity index (χ2n) is 3.62. The van der Waals surface area contributed by atoms with Crippen molar-refractivity contribution in [3.63, 3.8) is 0 Å². The molecule has 1 heteroatoms. The summed E-state index contributed by atoms with van der Waals surface area (Å²) in [5.74, 6) is 2.03. The Labute approximate surface area is 72.5 Å². The van der Waals surface area contributed by atoms with Gasteiger partial charge in [-0.05, 0) is 24.7 Å². The Morgan fingerprint density at radius 3 is 2.80 bits per heavy atom. The molecule has 1 rings (SSSR count). The van der Waals surface area contributed by atoms with E-state index in [4.69, 9.17) is 0 Å². The molecule has 1 saturated carbocycles. The van der Waals surface area contributed by atoms with Gasteiger partial charge in [-0.15, -0.1) is 0 Å². The molecular weight excluding hydrogens is 188 g/mol. The van der Waals surface area contributed by atoms with Gasteiger partial charge in [-0.25, -0.2) is 0 Å². The van der Waals surface area contributed by atoms with Crippen molar-refractivity contribution in [3.8, 4) is 0 Å². The molecule has 1 aliphatic carbocycles. The SMILES string of the molecule is CC1CCCC(CCBr)C1. The minimum absolute atomic E-state index is 0.998. The molecule has 2 atom stereocenters. The van der Waals surface area contributed by atoms with Crippen LogP contribution in [0.15, 0.2) is 0 Å². The monoisotopic (exact) mass is 204 g/mol. The van der Waals surface area contributed by atoms with Crippen LogP contribution in [0.1, 0.15) is 39.0 Å². The van der Waals surface area contributed by atoms with Crippen LogP contribution in [-0.4, -0.2) is 5.33 Å². The molecule has 2 unspecified atom stereocenters. The minimum atomic E-state index is 0.998. The van der Waals surface area contributed by atoms with Gasteiger partial charge in [-0.1, -0.05) is 42.1 Å². The van der Waals surface area contributed by atoms with Crippen LogP contribution < -0.4 is 0 Å². The van der Waals surface area contributed by atoms with E-state index in [2.05, 4.69) is 22.9 Å². The summed E-state index contributed by atoms with van der Waals surface area (Å²) in [6.07, 6.45) is 7.30. The molecule has 1 fully saturated rings. The quantitative estimate of drug-likeness (QED) is 0.604. The molecule has 60 valence electrons. The lowest BCUT2D eigenvalue weighted by molar-refractivity contribution is 0.278. The zero-order valence-corrected chi connectivity index (χ0v) is 8.36. The Hall–Kier alpha value is 0.480. The number of rotatable bonds is 2. The highest BCUT2D eigenvalue weighted by atomic mass is 79.9. The molecule has 0 aliphatic heterocycles. The van der Waals surface area contributed by atoms with Crippen LogP contribution in [0.2, 0.25) is 0 Å². The van der Waals surface area contributed by atoms with Crippen LogP contribution in [0.4, 0.5) is 0 Å². The van der Waals surface area contributed by atoms with E-state index in [1.165, 1.54) is 37.4 Å². The molecular formula is C9H17Br. The Morgan fingerprint density at radius 1 is 1.40 bits per heavy atom. The van der Waals surface area contributed by atoms with E-state index in [0.29, 0.717) is 0 Å². The number of alkyl halides is 1. The van der Waals surface area contributed by atoms with E-state index >= 15 is 0 Å². The molecule has 0 radical (unpaired) electrons. The smallest absolute Gasteiger partial charge is 0.00339 e. The summed E-state index contributed by atoms with van der Waals surface area (Å²) in [6, 6.07) is 0. The van der Waals surface area contributed by atoms with Gasteiger partial charge in [-0.2, -0.15) is 0 Å². The van der Waals surface area contributed by atoms with Gasteiger partial charge in [0.25, 0.3) is 0 Å². The third-order valence-electron chi connectivity index (χ3n) is 2.56.